The Hall–Kier alpha value is 3.25. The van der Waals surface area contributed by atoms with E-state index in [1.807, 2.05) is 0 Å². The van der Waals surface area contributed by atoms with Crippen LogP contribution in [0.4, 0.5) is 0 Å². The van der Waals surface area contributed by atoms with E-state index in [1.54, 1.807) is 0 Å². The average Bonchev–Trinajstić information content (AvgIpc) is 0.722. The van der Waals surface area contributed by atoms with Crippen LogP contribution in [0.5, 0.6) is 0 Å². The molecule has 7 heteroatoms. The van der Waals surface area contributed by atoms with Gasteiger partial charge in [-0.05, 0) is 0 Å². The molecule has 0 spiro atoms. The van der Waals surface area contributed by atoms with Crippen molar-refractivity contribution in [3.63, 3.8) is 0 Å². The van der Waals surface area contributed by atoms with Crippen LogP contribution in [-0.2, 0) is 4.57 Å². The van der Waals surface area contributed by atoms with Gasteiger partial charge >= 0.3 is 97.8 Å². The second-order valence-electron chi connectivity index (χ2n) is 0.447. The first-order chi connectivity index (χ1) is 2.00. The van der Waals surface area contributed by atoms with Gasteiger partial charge in [0.15, 0.2) is 0 Å². The van der Waals surface area contributed by atoms with Gasteiger partial charge in [0.25, 0.3) is 0 Å². The molecule has 0 amide bonds. The number of hydrogen-bond donors (Lipinski definition) is 0. The van der Waals surface area contributed by atoms with Crippen molar-refractivity contribution in [2.45, 2.75) is 0 Å². The molecule has 0 atom stereocenters. The van der Waals surface area contributed by atoms with Crippen molar-refractivity contribution in [3.8, 4) is 0 Å². The Bertz CT molecular complexity index is 55.8. The zero-order valence-corrected chi connectivity index (χ0v) is 13.3. The van der Waals surface area contributed by atoms with Crippen LogP contribution in [0.3, 0.4) is 0 Å². The van der Waals surface area contributed by atoms with Crippen LogP contribution in [-0.4, -0.2) is 97.8 Å². The van der Waals surface area contributed by atoms with Crippen LogP contribution < -0.4 is 14.7 Å². The molecule has 0 aromatic carbocycles. The van der Waals surface area contributed by atoms with Gasteiger partial charge in [-0.3, -0.25) is 0 Å². The summed E-state index contributed by atoms with van der Waals surface area (Å²) in [5, 5.41) is 0. The maximum absolute atomic E-state index is 8.55. The molecule has 0 saturated heterocycles. The molecular weight excluding hydrogens is 370 g/mol. The molecule has 0 bridgehead atoms. The molecule has 0 unspecified atom stereocenters. The first-order valence-electron chi connectivity index (χ1n) is 0.730. The van der Waals surface area contributed by atoms with Crippen molar-refractivity contribution in [2.75, 3.05) is 0 Å². The molecule has 0 aromatic rings. The number of hydrogen-bond acceptors (Lipinski definition) is 4. The fourth-order valence-electron chi connectivity index (χ4n) is 0. The normalized spacial score (nSPS) is 8.43. The van der Waals surface area contributed by atoms with Gasteiger partial charge < -0.3 is 19.2 Å². The third kappa shape index (κ3) is 46.0. The summed E-state index contributed by atoms with van der Waals surface area (Å²) < 4.78 is 8.55. The van der Waals surface area contributed by atoms with Gasteiger partial charge in [0, 0.05) is 0 Å². The fraction of sp³-hybridized carbons (Fsp3) is 0. The minimum atomic E-state index is -5.39. The topological polar surface area (TPSA) is 86.2 Å². The molecule has 32 valence electrons. The summed E-state index contributed by atoms with van der Waals surface area (Å²) in [5.41, 5.74) is 0. The summed E-state index contributed by atoms with van der Waals surface area (Å²) in [6, 6.07) is 0. The monoisotopic (exact) mass is 371 g/mol. The summed E-state index contributed by atoms with van der Waals surface area (Å²) in [6.07, 6.45) is 0. The number of rotatable bonds is 0. The summed E-state index contributed by atoms with van der Waals surface area (Å²) in [6.45, 7) is 0. The van der Waals surface area contributed by atoms with Crippen molar-refractivity contribution in [1.82, 2.24) is 0 Å². The Morgan fingerprint density at radius 2 is 1.00 bits per heavy atom. The van der Waals surface area contributed by atoms with Crippen LogP contribution >= 0.6 is 7.82 Å². The molecule has 0 fully saturated rings. The van der Waals surface area contributed by atoms with Gasteiger partial charge in [-0.2, -0.15) is 7.82 Å². The largest absolute Gasteiger partial charge is 2.00 e. The maximum atomic E-state index is 8.55. The standard InChI is InChI=1S/2Ba.H3O4P/c;;1-5(2,3)4/h;;(H3,1,2,3,4)/q2*+2;/p-3. The van der Waals surface area contributed by atoms with E-state index in [2.05, 4.69) is 0 Å². The second kappa shape index (κ2) is 7.36. The molecule has 0 aromatic heterocycles. The molecule has 0 aliphatic heterocycles. The van der Waals surface area contributed by atoms with Crippen LogP contribution in [0.1, 0.15) is 0 Å². The van der Waals surface area contributed by atoms with Crippen molar-refractivity contribution in [2.24, 2.45) is 0 Å². The Morgan fingerprint density at radius 1 is 1.00 bits per heavy atom. The van der Waals surface area contributed by atoms with E-state index < -0.39 is 7.82 Å². The predicted octanol–water partition coefficient (Wildman–Crippen LogP) is -3.59. The van der Waals surface area contributed by atoms with Crippen molar-refractivity contribution < 1.29 is 19.2 Å². The van der Waals surface area contributed by atoms with Gasteiger partial charge in [-0.1, -0.05) is 0 Å². The average molecular weight is 370 g/mol. The summed E-state index contributed by atoms with van der Waals surface area (Å²) >= 11 is 0. The second-order valence-corrected chi connectivity index (χ2v) is 1.34. The molecule has 4 nitrogen and oxygen atoms in total. The van der Waals surface area contributed by atoms with Crippen LogP contribution in [0, 0.1) is 0 Å². The van der Waals surface area contributed by atoms with Gasteiger partial charge in [0.1, 0.15) is 0 Å². The molecule has 7 heavy (non-hydrogen) atoms. The summed E-state index contributed by atoms with van der Waals surface area (Å²) in [5.74, 6) is 0. The Morgan fingerprint density at radius 3 is 1.00 bits per heavy atom. The third-order valence-corrected chi connectivity index (χ3v) is 0. The Labute approximate surface area is 121 Å². The summed E-state index contributed by atoms with van der Waals surface area (Å²) in [7, 11) is -5.39. The molecule has 0 aliphatic carbocycles. The van der Waals surface area contributed by atoms with Gasteiger partial charge in [0.05, 0.1) is 0 Å². The van der Waals surface area contributed by atoms with Crippen LogP contribution in [0.15, 0.2) is 0 Å². The third-order valence-electron chi connectivity index (χ3n) is 0. The van der Waals surface area contributed by atoms with E-state index in [-0.39, 0.29) is 97.8 Å². The smallest absolute Gasteiger partial charge is 0.822 e. The van der Waals surface area contributed by atoms with Crippen LogP contribution in [0.25, 0.3) is 0 Å². The van der Waals surface area contributed by atoms with E-state index in [1.165, 1.54) is 0 Å². The molecule has 0 rings (SSSR count). The van der Waals surface area contributed by atoms with Gasteiger partial charge in [0.2, 0.25) is 0 Å². The Kier molecular flexibility index (Phi) is 17.5. The van der Waals surface area contributed by atoms with E-state index in [4.69, 9.17) is 19.2 Å². The first-order valence-corrected chi connectivity index (χ1v) is 2.19. The van der Waals surface area contributed by atoms with Gasteiger partial charge in [-0.15, -0.1) is 0 Å². The summed E-state index contributed by atoms with van der Waals surface area (Å²) in [4.78, 5) is 25.6. The van der Waals surface area contributed by atoms with Gasteiger partial charge in [-0.25, -0.2) is 0 Å². The van der Waals surface area contributed by atoms with E-state index in [0.717, 1.165) is 0 Å². The Balaban J connectivity index is -0.0000000800. The molecule has 0 heterocycles. The van der Waals surface area contributed by atoms with E-state index in [9.17, 15) is 0 Å². The van der Waals surface area contributed by atoms with Crippen molar-refractivity contribution in [3.05, 3.63) is 0 Å². The molecular formula is Ba2O4P+. The fourth-order valence-corrected chi connectivity index (χ4v) is 0. The zero-order chi connectivity index (χ0) is 4.50. The molecule has 0 N–H and O–H groups in total. The van der Waals surface area contributed by atoms with E-state index >= 15 is 0 Å². The van der Waals surface area contributed by atoms with Crippen LogP contribution in [0.2, 0.25) is 0 Å². The predicted molar refractivity (Wildman–Crippen MR) is 19.1 cm³/mol. The first kappa shape index (κ1) is 16.7. The molecule has 0 radical (unpaired) electrons. The molecule has 0 aliphatic rings. The van der Waals surface area contributed by atoms with E-state index in [0.29, 0.717) is 0 Å². The minimum absolute atomic E-state index is 0. The van der Waals surface area contributed by atoms with Crippen molar-refractivity contribution >= 4 is 106 Å². The number of phosphoric acid groups is 1. The zero-order valence-electron chi connectivity index (χ0n) is 3.49. The minimum Gasteiger partial charge on any atom is -0.822 e. The SMILES string of the molecule is O=P([O-])([O-])[O-].[Ba+2].[Ba+2]. The maximum Gasteiger partial charge on any atom is 2.00 e. The van der Waals surface area contributed by atoms with Crippen molar-refractivity contribution in [1.29, 1.82) is 0 Å². The quantitative estimate of drug-likeness (QED) is 0.326. The molecule has 0 saturated carbocycles.